The minimum absolute atomic E-state index is 0.0492. The van der Waals surface area contributed by atoms with Crippen molar-refractivity contribution < 1.29 is 4.92 Å². The van der Waals surface area contributed by atoms with Crippen molar-refractivity contribution in [2.24, 2.45) is 0 Å². The summed E-state index contributed by atoms with van der Waals surface area (Å²) < 4.78 is 0. The van der Waals surface area contributed by atoms with Crippen molar-refractivity contribution in [2.45, 2.75) is 0 Å². The lowest BCUT2D eigenvalue weighted by molar-refractivity contribution is -0.384. The average Bonchev–Trinajstić information content (AvgIpc) is 2.67. The fraction of sp³-hybridized carbons (Fsp3) is 0. The maximum absolute atomic E-state index is 11.2. The van der Waals surface area contributed by atoms with E-state index < -0.39 is 0 Å². The van der Waals surface area contributed by atoms with Gasteiger partial charge < -0.3 is 5.73 Å². The van der Waals surface area contributed by atoms with Gasteiger partial charge in [0.1, 0.15) is 0 Å². The fourth-order valence-electron chi connectivity index (χ4n) is 3.03. The summed E-state index contributed by atoms with van der Waals surface area (Å²) >= 11 is 0. The van der Waals surface area contributed by atoms with Crippen molar-refractivity contribution >= 4 is 22.3 Å². The van der Waals surface area contributed by atoms with Gasteiger partial charge in [-0.1, -0.05) is 42.5 Å². The van der Waals surface area contributed by atoms with Gasteiger partial charge >= 0.3 is 0 Å². The summed E-state index contributed by atoms with van der Waals surface area (Å²) in [6.45, 7) is 0. The zero-order valence-electron chi connectivity index (χ0n) is 13.8. The Balaban J connectivity index is 2.03. The molecule has 5 nitrogen and oxygen atoms in total. The van der Waals surface area contributed by atoms with Gasteiger partial charge in [-0.25, -0.2) is 4.98 Å². The van der Waals surface area contributed by atoms with E-state index in [9.17, 15) is 10.1 Å². The van der Waals surface area contributed by atoms with Crippen molar-refractivity contribution in [3.05, 3.63) is 89.0 Å². The van der Waals surface area contributed by atoms with Gasteiger partial charge in [0.15, 0.2) is 0 Å². The highest BCUT2D eigenvalue weighted by molar-refractivity contribution is 5.98. The molecule has 4 aromatic rings. The molecule has 0 radical (unpaired) electrons. The van der Waals surface area contributed by atoms with Crippen LogP contribution in [0.1, 0.15) is 0 Å². The average molecular weight is 341 g/mol. The second-order valence-electron chi connectivity index (χ2n) is 6.01. The van der Waals surface area contributed by atoms with Gasteiger partial charge in [-0.15, -0.1) is 0 Å². The summed E-state index contributed by atoms with van der Waals surface area (Å²) in [6.07, 6.45) is 0. The standard InChI is InChI=1S/C21H15N3O2/c22-16-8-4-7-15(11-16)21-13-18(14-5-2-1-3-6-14)19-12-17(24(25)26)9-10-20(19)23-21/h1-13H,22H2. The topological polar surface area (TPSA) is 82.0 Å². The molecule has 0 amide bonds. The van der Waals surface area contributed by atoms with Crippen LogP contribution < -0.4 is 5.73 Å². The van der Waals surface area contributed by atoms with Crippen molar-refractivity contribution in [3.63, 3.8) is 0 Å². The first kappa shape index (κ1) is 15.8. The normalized spacial score (nSPS) is 10.8. The number of nitrogens with zero attached hydrogens (tertiary/aromatic N) is 2. The molecule has 0 spiro atoms. The first-order valence-corrected chi connectivity index (χ1v) is 8.12. The van der Waals surface area contributed by atoms with Gasteiger partial charge in [-0.2, -0.15) is 0 Å². The van der Waals surface area contributed by atoms with Crippen LogP contribution in [-0.4, -0.2) is 9.91 Å². The minimum atomic E-state index is -0.389. The van der Waals surface area contributed by atoms with Crippen molar-refractivity contribution in [3.8, 4) is 22.4 Å². The molecule has 0 aliphatic heterocycles. The third-order valence-electron chi connectivity index (χ3n) is 4.27. The summed E-state index contributed by atoms with van der Waals surface area (Å²) in [4.78, 5) is 15.5. The predicted molar refractivity (Wildman–Crippen MR) is 104 cm³/mol. The van der Waals surface area contributed by atoms with E-state index in [1.807, 2.05) is 60.7 Å². The molecule has 0 unspecified atom stereocenters. The Kier molecular flexibility index (Phi) is 3.82. The zero-order valence-corrected chi connectivity index (χ0v) is 13.8. The summed E-state index contributed by atoms with van der Waals surface area (Å²) in [5, 5.41) is 11.9. The van der Waals surface area contributed by atoms with Crippen molar-refractivity contribution in [1.29, 1.82) is 0 Å². The number of nitro benzene ring substituents is 1. The van der Waals surface area contributed by atoms with Crippen LogP contribution >= 0.6 is 0 Å². The van der Waals surface area contributed by atoms with Crippen LogP contribution in [-0.2, 0) is 0 Å². The number of aromatic nitrogens is 1. The molecular weight excluding hydrogens is 326 g/mol. The van der Waals surface area contributed by atoms with Gasteiger partial charge in [0.2, 0.25) is 0 Å². The van der Waals surface area contributed by atoms with Gasteiger partial charge in [0.05, 0.1) is 16.1 Å². The Bertz CT molecular complexity index is 1120. The van der Waals surface area contributed by atoms with Crippen LogP contribution in [0.15, 0.2) is 78.9 Å². The third kappa shape index (κ3) is 2.86. The van der Waals surface area contributed by atoms with Crippen LogP contribution in [0.3, 0.4) is 0 Å². The van der Waals surface area contributed by atoms with Gasteiger partial charge in [0.25, 0.3) is 5.69 Å². The summed E-state index contributed by atoms with van der Waals surface area (Å²) in [7, 11) is 0. The highest BCUT2D eigenvalue weighted by Crippen LogP contribution is 2.34. The Morgan fingerprint density at radius 3 is 2.35 bits per heavy atom. The van der Waals surface area contributed by atoms with Crippen molar-refractivity contribution in [2.75, 3.05) is 5.73 Å². The van der Waals surface area contributed by atoms with Gasteiger partial charge in [0, 0.05) is 28.8 Å². The number of hydrogen-bond acceptors (Lipinski definition) is 4. The fourth-order valence-corrected chi connectivity index (χ4v) is 3.03. The number of nitrogens with two attached hydrogens (primary N) is 1. The quantitative estimate of drug-likeness (QED) is 0.321. The Labute approximate surface area is 149 Å². The third-order valence-corrected chi connectivity index (χ3v) is 4.27. The minimum Gasteiger partial charge on any atom is -0.399 e. The van der Waals surface area contributed by atoms with Crippen LogP contribution in [0, 0.1) is 10.1 Å². The van der Waals surface area contributed by atoms with E-state index >= 15 is 0 Å². The first-order chi connectivity index (χ1) is 12.6. The van der Waals surface area contributed by atoms with Crippen LogP contribution in [0.2, 0.25) is 0 Å². The van der Waals surface area contributed by atoms with E-state index in [4.69, 9.17) is 10.7 Å². The summed E-state index contributed by atoms with van der Waals surface area (Å²) in [5.41, 5.74) is 10.9. The lowest BCUT2D eigenvalue weighted by Crippen LogP contribution is -1.93. The zero-order chi connectivity index (χ0) is 18.1. The van der Waals surface area contributed by atoms with E-state index in [0.717, 1.165) is 27.8 Å². The summed E-state index contributed by atoms with van der Waals surface area (Å²) in [6, 6.07) is 24.0. The molecule has 0 fully saturated rings. The van der Waals surface area contributed by atoms with Crippen LogP contribution in [0.5, 0.6) is 0 Å². The SMILES string of the molecule is Nc1cccc(-c2cc(-c3ccccc3)c3cc([N+](=O)[O-])ccc3n2)c1. The van der Waals surface area contributed by atoms with E-state index in [0.29, 0.717) is 11.2 Å². The van der Waals surface area contributed by atoms with E-state index in [1.165, 1.54) is 6.07 Å². The number of anilines is 1. The molecule has 0 bridgehead atoms. The lowest BCUT2D eigenvalue weighted by atomic mass is 9.98. The monoisotopic (exact) mass is 341 g/mol. The van der Waals surface area contributed by atoms with Gasteiger partial charge in [-0.05, 0) is 35.4 Å². The largest absolute Gasteiger partial charge is 0.399 e. The molecule has 4 rings (SSSR count). The highest BCUT2D eigenvalue weighted by atomic mass is 16.6. The second-order valence-corrected chi connectivity index (χ2v) is 6.01. The molecule has 0 saturated carbocycles. The molecule has 1 heterocycles. The molecule has 5 heteroatoms. The summed E-state index contributed by atoms with van der Waals surface area (Å²) in [5.74, 6) is 0. The number of rotatable bonds is 3. The Morgan fingerprint density at radius 1 is 0.846 bits per heavy atom. The molecule has 0 atom stereocenters. The first-order valence-electron chi connectivity index (χ1n) is 8.12. The predicted octanol–water partition coefficient (Wildman–Crippen LogP) is 5.06. The Morgan fingerprint density at radius 2 is 1.62 bits per heavy atom. The molecular formula is C21H15N3O2. The molecule has 0 aliphatic rings. The molecule has 2 N–H and O–H groups in total. The van der Waals surface area contributed by atoms with Crippen LogP contribution in [0.4, 0.5) is 11.4 Å². The number of nitro groups is 1. The van der Waals surface area contributed by atoms with E-state index in [-0.39, 0.29) is 10.6 Å². The number of fused-ring (bicyclic) bond motifs is 1. The maximum atomic E-state index is 11.2. The molecule has 126 valence electrons. The maximum Gasteiger partial charge on any atom is 0.270 e. The molecule has 0 saturated heterocycles. The molecule has 3 aromatic carbocycles. The smallest absolute Gasteiger partial charge is 0.270 e. The second kappa shape index (κ2) is 6.29. The Hall–Kier alpha value is -3.73. The number of pyridine rings is 1. The number of benzene rings is 3. The van der Waals surface area contributed by atoms with E-state index in [2.05, 4.69) is 0 Å². The lowest BCUT2D eigenvalue weighted by Gasteiger charge is -2.11. The molecule has 1 aromatic heterocycles. The highest BCUT2D eigenvalue weighted by Gasteiger charge is 2.13. The number of nitrogen functional groups attached to an aromatic ring is 1. The number of non-ortho nitro benzene ring substituents is 1. The molecule has 26 heavy (non-hydrogen) atoms. The van der Waals surface area contributed by atoms with Crippen molar-refractivity contribution in [1.82, 2.24) is 4.98 Å². The van der Waals surface area contributed by atoms with E-state index in [1.54, 1.807) is 12.1 Å². The molecule has 0 aliphatic carbocycles. The van der Waals surface area contributed by atoms with Gasteiger partial charge in [-0.3, -0.25) is 10.1 Å². The number of hydrogen-bond donors (Lipinski definition) is 1. The van der Waals surface area contributed by atoms with Crippen LogP contribution in [0.25, 0.3) is 33.3 Å².